The second-order valence-electron chi connectivity index (χ2n) is 3.59. The summed E-state index contributed by atoms with van der Waals surface area (Å²) < 4.78 is 4.88. The van der Waals surface area contributed by atoms with Gasteiger partial charge in [0.25, 0.3) is 0 Å². The fourth-order valence-corrected chi connectivity index (χ4v) is 1.56. The molecule has 0 saturated carbocycles. The Morgan fingerprint density at radius 2 is 2.29 bits per heavy atom. The molecule has 0 bridgehead atoms. The summed E-state index contributed by atoms with van der Waals surface area (Å²) in [6, 6.07) is 4.95. The van der Waals surface area contributed by atoms with Crippen molar-refractivity contribution in [1.29, 1.82) is 0 Å². The number of anilines is 1. The number of esters is 1. The number of aromatic hydroxyl groups is 1. The van der Waals surface area contributed by atoms with Crippen LogP contribution < -0.4 is 4.90 Å². The maximum absolute atomic E-state index is 11.4. The van der Waals surface area contributed by atoms with Crippen molar-refractivity contribution in [2.24, 2.45) is 0 Å². The summed E-state index contributed by atoms with van der Waals surface area (Å²) in [6.07, 6.45) is 1.57. The van der Waals surface area contributed by atoms with E-state index in [0.29, 0.717) is 6.61 Å². The molecule has 0 aliphatic heterocycles. The van der Waals surface area contributed by atoms with E-state index in [1.807, 2.05) is 6.92 Å². The quantitative estimate of drug-likeness (QED) is 0.795. The first-order valence-electron chi connectivity index (χ1n) is 5.43. The van der Waals surface area contributed by atoms with Crippen LogP contribution in [0.1, 0.15) is 12.5 Å². The fourth-order valence-electron chi connectivity index (χ4n) is 1.56. The van der Waals surface area contributed by atoms with Crippen LogP contribution >= 0.6 is 0 Å². The van der Waals surface area contributed by atoms with Crippen LogP contribution in [-0.2, 0) is 9.53 Å². The number of hydrogen-bond acceptors (Lipinski definition) is 4. The Bertz CT molecular complexity index is 415. The van der Waals surface area contributed by atoms with Gasteiger partial charge in [-0.2, -0.15) is 0 Å². The van der Waals surface area contributed by atoms with Gasteiger partial charge in [0, 0.05) is 5.69 Å². The van der Waals surface area contributed by atoms with Gasteiger partial charge in [0.2, 0.25) is 0 Å². The first-order valence-corrected chi connectivity index (χ1v) is 5.43. The lowest BCUT2D eigenvalue weighted by molar-refractivity contribution is -0.141. The van der Waals surface area contributed by atoms with E-state index in [-0.39, 0.29) is 18.3 Å². The molecule has 92 valence electrons. The molecule has 1 N–H and O–H groups in total. The molecular weight excluding hydrogens is 218 g/mol. The first-order chi connectivity index (χ1) is 8.08. The zero-order valence-corrected chi connectivity index (χ0v) is 10.1. The second kappa shape index (κ2) is 5.94. The molecule has 0 aliphatic rings. The molecule has 1 aromatic carbocycles. The van der Waals surface area contributed by atoms with E-state index in [2.05, 4.69) is 6.58 Å². The predicted molar refractivity (Wildman–Crippen MR) is 67.0 cm³/mol. The zero-order valence-electron chi connectivity index (χ0n) is 10.1. The molecule has 0 unspecified atom stereocenters. The minimum Gasteiger partial charge on any atom is -0.508 e. The SMILES string of the molecule is C=CN(CC(=O)OCC)c1ccc(O)cc1C. The molecule has 17 heavy (non-hydrogen) atoms. The van der Waals surface area contributed by atoms with Crippen molar-refractivity contribution in [3.05, 3.63) is 36.5 Å². The van der Waals surface area contributed by atoms with Crippen LogP contribution in [0.5, 0.6) is 5.75 Å². The lowest BCUT2D eigenvalue weighted by atomic mass is 10.1. The van der Waals surface area contributed by atoms with Crippen LogP contribution in [-0.4, -0.2) is 24.2 Å². The number of phenols is 1. The third-order valence-electron chi connectivity index (χ3n) is 2.31. The van der Waals surface area contributed by atoms with Crippen molar-refractivity contribution in [1.82, 2.24) is 0 Å². The van der Waals surface area contributed by atoms with Crippen LogP contribution in [0, 0.1) is 6.92 Å². The molecule has 0 spiro atoms. The molecule has 4 nitrogen and oxygen atoms in total. The maximum Gasteiger partial charge on any atom is 0.325 e. The molecule has 0 atom stereocenters. The van der Waals surface area contributed by atoms with E-state index in [9.17, 15) is 9.90 Å². The molecule has 1 aromatic rings. The van der Waals surface area contributed by atoms with Gasteiger partial charge in [0.05, 0.1) is 6.61 Å². The average Bonchev–Trinajstić information content (AvgIpc) is 2.27. The number of aryl methyl sites for hydroxylation is 1. The van der Waals surface area contributed by atoms with Crippen molar-refractivity contribution in [3.63, 3.8) is 0 Å². The summed E-state index contributed by atoms with van der Waals surface area (Å²) in [5, 5.41) is 9.32. The first kappa shape index (κ1) is 13.1. The van der Waals surface area contributed by atoms with Crippen molar-refractivity contribution >= 4 is 11.7 Å². The summed E-state index contributed by atoms with van der Waals surface area (Å²) in [5.41, 5.74) is 1.69. The number of benzene rings is 1. The van der Waals surface area contributed by atoms with Crippen molar-refractivity contribution in [2.75, 3.05) is 18.1 Å². The van der Waals surface area contributed by atoms with Crippen LogP contribution in [0.3, 0.4) is 0 Å². The Balaban J connectivity index is 2.86. The number of nitrogens with zero attached hydrogens (tertiary/aromatic N) is 1. The fraction of sp³-hybridized carbons (Fsp3) is 0.308. The van der Waals surface area contributed by atoms with Gasteiger partial charge in [-0.05, 0) is 43.8 Å². The van der Waals surface area contributed by atoms with Gasteiger partial charge >= 0.3 is 5.97 Å². The highest BCUT2D eigenvalue weighted by atomic mass is 16.5. The van der Waals surface area contributed by atoms with Gasteiger partial charge in [-0.3, -0.25) is 4.79 Å². The number of rotatable bonds is 5. The third-order valence-corrected chi connectivity index (χ3v) is 2.31. The van der Waals surface area contributed by atoms with Crippen LogP contribution in [0.25, 0.3) is 0 Å². The number of carbonyl (C=O) groups is 1. The largest absolute Gasteiger partial charge is 0.508 e. The Hall–Kier alpha value is -1.97. The number of hydrogen-bond donors (Lipinski definition) is 1. The van der Waals surface area contributed by atoms with Crippen molar-refractivity contribution in [2.45, 2.75) is 13.8 Å². The topological polar surface area (TPSA) is 49.8 Å². The van der Waals surface area contributed by atoms with Gasteiger partial charge in [-0.1, -0.05) is 6.58 Å². The molecule has 0 aliphatic carbocycles. The molecule has 0 radical (unpaired) electrons. The van der Waals surface area contributed by atoms with Gasteiger partial charge < -0.3 is 14.7 Å². The normalized spacial score (nSPS) is 9.76. The summed E-state index contributed by atoms with van der Waals surface area (Å²) in [4.78, 5) is 13.1. The van der Waals surface area contributed by atoms with Crippen LogP contribution in [0.2, 0.25) is 0 Å². The van der Waals surface area contributed by atoms with Crippen molar-refractivity contribution in [3.8, 4) is 5.75 Å². The molecule has 1 rings (SSSR count). The Morgan fingerprint density at radius 3 is 2.82 bits per heavy atom. The molecule has 0 heterocycles. The number of ether oxygens (including phenoxy) is 1. The smallest absolute Gasteiger partial charge is 0.325 e. The number of carbonyl (C=O) groups excluding carboxylic acids is 1. The van der Waals surface area contributed by atoms with E-state index >= 15 is 0 Å². The standard InChI is InChI=1S/C13H17NO3/c1-4-14(9-13(16)17-5-2)12-7-6-11(15)8-10(12)3/h4,6-8,15H,1,5,9H2,2-3H3. The van der Waals surface area contributed by atoms with E-state index in [0.717, 1.165) is 11.3 Å². The summed E-state index contributed by atoms with van der Waals surface area (Å²) in [6.45, 7) is 7.77. The minimum absolute atomic E-state index is 0.114. The summed E-state index contributed by atoms with van der Waals surface area (Å²) in [7, 11) is 0. The Kier molecular flexibility index (Phi) is 4.57. The van der Waals surface area contributed by atoms with Crippen LogP contribution in [0.4, 0.5) is 5.69 Å². The molecule has 0 amide bonds. The summed E-state index contributed by atoms with van der Waals surface area (Å²) >= 11 is 0. The lowest BCUT2D eigenvalue weighted by Crippen LogP contribution is -2.26. The monoisotopic (exact) mass is 235 g/mol. The zero-order chi connectivity index (χ0) is 12.8. The van der Waals surface area contributed by atoms with E-state index in [1.54, 1.807) is 36.2 Å². The van der Waals surface area contributed by atoms with Crippen molar-refractivity contribution < 1.29 is 14.6 Å². The Morgan fingerprint density at radius 1 is 1.59 bits per heavy atom. The molecule has 0 saturated heterocycles. The second-order valence-corrected chi connectivity index (χ2v) is 3.59. The Labute approximate surface area is 101 Å². The van der Waals surface area contributed by atoms with Gasteiger partial charge in [-0.15, -0.1) is 0 Å². The highest BCUT2D eigenvalue weighted by Gasteiger charge is 2.11. The summed E-state index contributed by atoms with van der Waals surface area (Å²) in [5.74, 6) is -0.105. The number of phenolic OH excluding ortho intramolecular Hbond substituents is 1. The van der Waals surface area contributed by atoms with Gasteiger partial charge in [-0.25, -0.2) is 0 Å². The highest BCUT2D eigenvalue weighted by Crippen LogP contribution is 2.24. The highest BCUT2D eigenvalue weighted by molar-refractivity contribution is 5.77. The predicted octanol–water partition coefficient (Wildman–Crippen LogP) is 2.21. The average molecular weight is 235 g/mol. The lowest BCUT2D eigenvalue weighted by Gasteiger charge is -2.21. The third kappa shape index (κ3) is 3.52. The maximum atomic E-state index is 11.4. The van der Waals surface area contributed by atoms with E-state index in [1.165, 1.54) is 0 Å². The molecule has 4 heteroatoms. The van der Waals surface area contributed by atoms with Gasteiger partial charge in [0.15, 0.2) is 0 Å². The molecule has 0 fully saturated rings. The van der Waals surface area contributed by atoms with E-state index in [4.69, 9.17) is 4.74 Å². The van der Waals surface area contributed by atoms with Gasteiger partial charge in [0.1, 0.15) is 12.3 Å². The molecule has 0 aromatic heterocycles. The minimum atomic E-state index is -0.306. The molecular formula is C13H17NO3. The van der Waals surface area contributed by atoms with Crippen LogP contribution in [0.15, 0.2) is 31.0 Å². The van der Waals surface area contributed by atoms with E-state index < -0.39 is 0 Å².